The smallest absolute Gasteiger partial charge is 0.255 e. The molecule has 0 bridgehead atoms. The van der Waals surface area contributed by atoms with Gasteiger partial charge in [-0.1, -0.05) is 11.6 Å². The molecular formula is C19H28ClN3O3. The quantitative estimate of drug-likeness (QED) is 0.800. The van der Waals surface area contributed by atoms with Gasteiger partial charge >= 0.3 is 0 Å². The van der Waals surface area contributed by atoms with Crippen molar-refractivity contribution in [3.8, 4) is 11.5 Å². The third-order valence-corrected chi connectivity index (χ3v) is 5.34. The van der Waals surface area contributed by atoms with E-state index in [1.165, 1.54) is 0 Å². The molecule has 2 saturated heterocycles. The zero-order valence-corrected chi connectivity index (χ0v) is 16.8. The lowest BCUT2D eigenvalue weighted by Gasteiger charge is -2.46. The fourth-order valence-electron chi connectivity index (χ4n) is 3.67. The summed E-state index contributed by atoms with van der Waals surface area (Å²) in [6.07, 6.45) is -0.00196. The van der Waals surface area contributed by atoms with Gasteiger partial charge in [-0.3, -0.25) is 9.69 Å². The number of fused-ring (bicyclic) bond motifs is 1. The number of ether oxygens (including phenoxy) is 2. The van der Waals surface area contributed by atoms with E-state index in [1.807, 2.05) is 18.7 Å². The monoisotopic (exact) mass is 381 g/mol. The summed E-state index contributed by atoms with van der Waals surface area (Å²) < 4.78 is 11.1. The second kappa shape index (κ2) is 8.03. The maximum Gasteiger partial charge on any atom is 0.255 e. The van der Waals surface area contributed by atoms with Gasteiger partial charge in [0.25, 0.3) is 5.91 Å². The molecule has 0 saturated carbocycles. The molecule has 1 amide bonds. The Kier molecular flexibility index (Phi) is 5.95. The van der Waals surface area contributed by atoms with Crippen molar-refractivity contribution in [1.82, 2.24) is 14.7 Å². The average molecular weight is 382 g/mol. The second-order valence-corrected chi connectivity index (χ2v) is 7.76. The molecule has 1 aromatic rings. The Bertz CT molecular complexity index is 668. The third-order valence-electron chi connectivity index (χ3n) is 5.03. The van der Waals surface area contributed by atoms with Crippen LogP contribution in [0.25, 0.3) is 0 Å². The predicted octanol–water partition coefficient (Wildman–Crippen LogP) is 2.21. The van der Waals surface area contributed by atoms with Gasteiger partial charge in [-0.05, 0) is 27.0 Å². The molecule has 0 N–H and O–H groups in total. The molecule has 7 heteroatoms. The number of carbonyl (C=O) groups excluding carboxylic acids is 1. The normalized spacial score (nSPS) is 21.6. The average Bonchev–Trinajstić information content (AvgIpc) is 2.60. The highest BCUT2D eigenvalue weighted by Gasteiger charge is 2.33. The van der Waals surface area contributed by atoms with E-state index in [0.29, 0.717) is 28.1 Å². The van der Waals surface area contributed by atoms with Crippen LogP contribution in [0.4, 0.5) is 0 Å². The number of hydrogen-bond donors (Lipinski definition) is 0. The van der Waals surface area contributed by atoms with E-state index in [0.717, 1.165) is 39.3 Å². The Labute approximate surface area is 160 Å². The predicted molar refractivity (Wildman–Crippen MR) is 103 cm³/mol. The highest BCUT2D eigenvalue weighted by Crippen LogP contribution is 2.35. The van der Waals surface area contributed by atoms with Gasteiger partial charge in [-0.15, -0.1) is 0 Å². The molecule has 0 radical (unpaired) electrons. The molecule has 2 aliphatic rings. The van der Waals surface area contributed by atoms with E-state index in [-0.39, 0.29) is 12.0 Å². The van der Waals surface area contributed by atoms with Crippen LogP contribution in [0.3, 0.4) is 0 Å². The number of rotatable bonds is 4. The first-order valence-electron chi connectivity index (χ1n) is 9.15. The summed E-state index contributed by atoms with van der Waals surface area (Å²) in [7, 11) is 3.70. The Hall–Kier alpha value is -1.50. The molecule has 144 valence electrons. The van der Waals surface area contributed by atoms with E-state index < -0.39 is 0 Å². The molecule has 0 spiro atoms. The number of hydrogen-bond acceptors (Lipinski definition) is 5. The molecule has 2 fully saturated rings. The first-order valence-corrected chi connectivity index (χ1v) is 9.53. The summed E-state index contributed by atoms with van der Waals surface area (Å²) in [6.45, 7) is 9.38. The van der Waals surface area contributed by atoms with Gasteiger partial charge in [0.1, 0.15) is 0 Å². The number of likely N-dealkylation sites (N-methyl/N-ethyl adjacent to an activating group) is 1. The molecule has 2 aliphatic heterocycles. The largest absolute Gasteiger partial charge is 0.493 e. The van der Waals surface area contributed by atoms with E-state index in [1.54, 1.807) is 19.2 Å². The number of benzene rings is 1. The number of carbonyl (C=O) groups is 1. The minimum atomic E-state index is -0.0442. The molecular weight excluding hydrogens is 354 g/mol. The van der Waals surface area contributed by atoms with Crippen LogP contribution in [0.15, 0.2) is 12.1 Å². The molecule has 1 aromatic carbocycles. The van der Waals surface area contributed by atoms with E-state index in [4.69, 9.17) is 21.1 Å². The zero-order chi connectivity index (χ0) is 18.8. The van der Waals surface area contributed by atoms with Gasteiger partial charge in [0, 0.05) is 51.4 Å². The maximum atomic E-state index is 13.1. The molecule has 2 heterocycles. The van der Waals surface area contributed by atoms with Crippen molar-refractivity contribution in [2.45, 2.75) is 26.0 Å². The van der Waals surface area contributed by atoms with Gasteiger partial charge in [0.15, 0.2) is 11.5 Å². The molecule has 1 atom stereocenters. The molecule has 0 aromatic heterocycles. The lowest BCUT2D eigenvalue weighted by Crippen LogP contribution is -2.62. The molecule has 3 rings (SSSR count). The van der Waals surface area contributed by atoms with Crippen molar-refractivity contribution in [2.24, 2.45) is 0 Å². The first kappa shape index (κ1) is 19.3. The van der Waals surface area contributed by atoms with Gasteiger partial charge in [0.2, 0.25) is 0 Å². The number of nitrogens with zero attached hydrogens (tertiary/aromatic N) is 3. The molecule has 0 aliphatic carbocycles. The topological polar surface area (TPSA) is 45.2 Å². The van der Waals surface area contributed by atoms with Crippen LogP contribution < -0.4 is 9.47 Å². The van der Waals surface area contributed by atoms with Crippen molar-refractivity contribution in [2.75, 3.05) is 53.4 Å². The summed E-state index contributed by atoms with van der Waals surface area (Å²) >= 11 is 6.41. The van der Waals surface area contributed by atoms with Crippen LogP contribution in [-0.2, 0) is 0 Å². The van der Waals surface area contributed by atoms with E-state index in [2.05, 4.69) is 16.8 Å². The molecule has 0 unspecified atom stereocenters. The van der Waals surface area contributed by atoms with Gasteiger partial charge in [-0.2, -0.15) is 0 Å². The van der Waals surface area contributed by atoms with E-state index in [9.17, 15) is 4.79 Å². The van der Waals surface area contributed by atoms with E-state index >= 15 is 0 Å². The lowest BCUT2D eigenvalue weighted by atomic mass is 10.1. The number of halogens is 1. The Morgan fingerprint density at radius 1 is 1.15 bits per heavy atom. The van der Waals surface area contributed by atoms with Crippen molar-refractivity contribution in [1.29, 1.82) is 0 Å². The summed E-state index contributed by atoms with van der Waals surface area (Å²) in [5.41, 5.74) is 0.470. The van der Waals surface area contributed by atoms with Crippen molar-refractivity contribution < 1.29 is 14.3 Å². The minimum absolute atomic E-state index is 0.00196. The SMILES string of the molecule is COc1cc(C(=O)N2CCN3CCN(C)C[C@H]3C2)c(Cl)cc1OC(C)C. The van der Waals surface area contributed by atoms with Crippen LogP contribution in [-0.4, -0.2) is 86.2 Å². The van der Waals surface area contributed by atoms with Gasteiger partial charge in [0.05, 0.1) is 23.8 Å². The summed E-state index contributed by atoms with van der Waals surface area (Å²) in [5, 5.41) is 0.398. The Balaban J connectivity index is 1.79. The van der Waals surface area contributed by atoms with Crippen molar-refractivity contribution in [3.05, 3.63) is 22.7 Å². The number of methoxy groups -OCH3 is 1. The highest BCUT2D eigenvalue weighted by atomic mass is 35.5. The van der Waals surface area contributed by atoms with Crippen molar-refractivity contribution >= 4 is 17.5 Å². The zero-order valence-electron chi connectivity index (χ0n) is 16.0. The van der Waals surface area contributed by atoms with Gasteiger partial charge in [-0.25, -0.2) is 0 Å². The maximum absolute atomic E-state index is 13.1. The number of amides is 1. The van der Waals surface area contributed by atoms with Gasteiger partial charge < -0.3 is 19.3 Å². The third kappa shape index (κ3) is 4.08. The summed E-state index contributed by atoms with van der Waals surface area (Å²) in [4.78, 5) is 19.8. The van der Waals surface area contributed by atoms with Crippen LogP contribution in [0.2, 0.25) is 5.02 Å². The summed E-state index contributed by atoms with van der Waals surface area (Å²) in [5.74, 6) is 1.04. The van der Waals surface area contributed by atoms with Crippen LogP contribution >= 0.6 is 11.6 Å². The first-order chi connectivity index (χ1) is 12.4. The fraction of sp³-hybridized carbons (Fsp3) is 0.632. The standard InChI is InChI=1S/C19H28ClN3O3/c1-13(2)26-18-10-16(20)15(9-17(18)25-4)19(24)23-8-7-22-6-5-21(3)11-14(22)12-23/h9-10,13-14H,5-8,11-12H2,1-4H3/t14-/m0/s1. The second-order valence-electron chi connectivity index (χ2n) is 7.35. The van der Waals surface area contributed by atoms with Crippen LogP contribution in [0.5, 0.6) is 11.5 Å². The minimum Gasteiger partial charge on any atom is -0.493 e. The van der Waals surface area contributed by atoms with Crippen molar-refractivity contribution in [3.63, 3.8) is 0 Å². The van der Waals surface area contributed by atoms with Crippen LogP contribution in [0, 0.1) is 0 Å². The molecule has 6 nitrogen and oxygen atoms in total. The highest BCUT2D eigenvalue weighted by molar-refractivity contribution is 6.34. The molecule has 26 heavy (non-hydrogen) atoms. The lowest BCUT2D eigenvalue weighted by molar-refractivity contribution is 0.0190. The Morgan fingerprint density at radius 2 is 1.88 bits per heavy atom. The number of piperazine rings is 2. The van der Waals surface area contributed by atoms with Crippen LogP contribution in [0.1, 0.15) is 24.2 Å². The fourth-order valence-corrected chi connectivity index (χ4v) is 3.90. The summed E-state index contributed by atoms with van der Waals surface area (Å²) in [6, 6.07) is 3.76. The Morgan fingerprint density at radius 3 is 2.58 bits per heavy atom.